The Bertz CT molecular complexity index is 1260. The van der Waals surface area contributed by atoms with Gasteiger partial charge in [0.2, 0.25) is 0 Å². The molecule has 1 amide bonds. The molecule has 1 saturated heterocycles. The van der Waals surface area contributed by atoms with Crippen molar-refractivity contribution in [1.29, 1.82) is 0 Å². The number of benzene rings is 2. The molecule has 7 heteroatoms. The lowest BCUT2D eigenvalue weighted by Crippen LogP contribution is -2.29. The number of pyridine rings is 1. The number of aromatic nitrogens is 1. The van der Waals surface area contributed by atoms with Crippen LogP contribution in [0.15, 0.2) is 66.9 Å². The molecule has 0 unspecified atom stereocenters. The van der Waals surface area contributed by atoms with Gasteiger partial charge in [0, 0.05) is 29.7 Å². The highest BCUT2D eigenvalue weighted by Gasteiger charge is 2.30. The minimum absolute atomic E-state index is 0.122. The molecule has 2 aliphatic rings. The van der Waals surface area contributed by atoms with Gasteiger partial charge in [0.05, 0.1) is 22.5 Å². The van der Waals surface area contributed by atoms with Gasteiger partial charge in [-0.25, -0.2) is 4.79 Å². The Labute approximate surface area is 198 Å². The molecule has 3 heterocycles. The fraction of sp³-hybridized carbons (Fsp3) is 0.222. The standard InChI is InChI=1S/C27H26N4O3/c32-26-24(21-16-19(27(33)34)10-11-22(21)30-26)25(23-9-2-3-12-28-23)29-20-8-6-7-18(15-20)17-31-13-4-1-5-14-31/h2-3,6-12,15-16,29H,1,4-5,13-14,17H2,(H,30,32)(H,33,34)/b25-24-. The second-order valence-corrected chi connectivity index (χ2v) is 8.65. The highest BCUT2D eigenvalue weighted by Crippen LogP contribution is 2.37. The van der Waals surface area contributed by atoms with Crippen LogP contribution >= 0.6 is 0 Å². The summed E-state index contributed by atoms with van der Waals surface area (Å²) in [5.74, 6) is -1.34. The molecule has 1 aromatic heterocycles. The second kappa shape index (κ2) is 9.49. The van der Waals surface area contributed by atoms with E-state index in [2.05, 4.69) is 32.7 Å². The van der Waals surface area contributed by atoms with Gasteiger partial charge in [-0.3, -0.25) is 14.7 Å². The Balaban J connectivity index is 1.55. The van der Waals surface area contributed by atoms with Crippen LogP contribution in [-0.4, -0.2) is 40.0 Å². The van der Waals surface area contributed by atoms with E-state index in [1.54, 1.807) is 12.3 Å². The van der Waals surface area contributed by atoms with Crippen molar-refractivity contribution >= 4 is 34.5 Å². The third-order valence-corrected chi connectivity index (χ3v) is 6.23. The summed E-state index contributed by atoms with van der Waals surface area (Å²) in [5, 5.41) is 15.7. The number of hydrogen-bond acceptors (Lipinski definition) is 5. The van der Waals surface area contributed by atoms with Crippen LogP contribution in [0, 0.1) is 0 Å². The van der Waals surface area contributed by atoms with Crippen LogP contribution in [-0.2, 0) is 11.3 Å². The third-order valence-electron chi connectivity index (χ3n) is 6.23. The van der Waals surface area contributed by atoms with Crippen LogP contribution in [0.2, 0.25) is 0 Å². The number of fused-ring (bicyclic) bond motifs is 1. The SMILES string of the molecule is O=C1Nc2ccc(C(=O)O)cc2/C1=C(/Nc1cccc(CN2CCCCC2)c1)c1ccccn1. The molecule has 5 rings (SSSR count). The predicted octanol–water partition coefficient (Wildman–Crippen LogP) is 4.70. The lowest BCUT2D eigenvalue weighted by atomic mass is 10.00. The van der Waals surface area contributed by atoms with Crippen molar-refractivity contribution in [2.45, 2.75) is 25.8 Å². The van der Waals surface area contributed by atoms with Crippen LogP contribution in [0.4, 0.5) is 11.4 Å². The molecule has 7 nitrogen and oxygen atoms in total. The van der Waals surface area contributed by atoms with Gasteiger partial charge in [0.15, 0.2) is 0 Å². The van der Waals surface area contributed by atoms with E-state index in [1.807, 2.05) is 30.3 Å². The van der Waals surface area contributed by atoms with E-state index in [0.717, 1.165) is 25.3 Å². The number of amides is 1. The normalized spacial score (nSPS) is 17.1. The summed E-state index contributed by atoms with van der Waals surface area (Å²) in [6.07, 6.45) is 5.44. The van der Waals surface area contributed by atoms with Gasteiger partial charge in [-0.2, -0.15) is 0 Å². The Hall–Kier alpha value is -3.97. The Morgan fingerprint density at radius 2 is 1.88 bits per heavy atom. The number of aromatic carboxylic acids is 1. The Morgan fingerprint density at radius 1 is 1.03 bits per heavy atom. The summed E-state index contributed by atoms with van der Waals surface area (Å²) in [6.45, 7) is 3.11. The number of carbonyl (C=O) groups excluding carboxylic acids is 1. The van der Waals surface area contributed by atoms with Crippen molar-refractivity contribution in [3.05, 3.63) is 89.2 Å². The van der Waals surface area contributed by atoms with E-state index in [0.29, 0.717) is 28.2 Å². The van der Waals surface area contributed by atoms with Crippen LogP contribution in [0.3, 0.4) is 0 Å². The molecule has 34 heavy (non-hydrogen) atoms. The zero-order valence-electron chi connectivity index (χ0n) is 18.8. The topological polar surface area (TPSA) is 94.6 Å². The van der Waals surface area contributed by atoms with Crippen LogP contribution in [0.1, 0.15) is 46.4 Å². The molecule has 2 aliphatic heterocycles. The van der Waals surface area contributed by atoms with Crippen molar-refractivity contribution in [3.63, 3.8) is 0 Å². The van der Waals surface area contributed by atoms with Gasteiger partial charge < -0.3 is 15.7 Å². The number of likely N-dealkylation sites (tertiary alicyclic amines) is 1. The van der Waals surface area contributed by atoms with Crippen molar-refractivity contribution in [2.24, 2.45) is 0 Å². The zero-order chi connectivity index (χ0) is 23.5. The first-order chi connectivity index (χ1) is 16.6. The van der Waals surface area contributed by atoms with Gasteiger partial charge in [0.25, 0.3) is 5.91 Å². The molecule has 1 fully saturated rings. The van der Waals surface area contributed by atoms with Gasteiger partial charge in [-0.15, -0.1) is 0 Å². The van der Waals surface area contributed by atoms with E-state index in [1.165, 1.54) is 37.0 Å². The summed E-state index contributed by atoms with van der Waals surface area (Å²) in [7, 11) is 0. The number of carboxylic acid groups (broad SMARTS) is 1. The van der Waals surface area contributed by atoms with Crippen LogP contribution < -0.4 is 10.6 Å². The molecule has 0 bridgehead atoms. The largest absolute Gasteiger partial charge is 0.478 e. The molecular formula is C27H26N4O3. The van der Waals surface area contributed by atoms with E-state index in [9.17, 15) is 14.7 Å². The van der Waals surface area contributed by atoms with Gasteiger partial charge in [-0.1, -0.05) is 24.6 Å². The molecule has 0 spiro atoms. The summed E-state index contributed by atoms with van der Waals surface area (Å²) in [4.78, 5) is 31.6. The number of nitrogens with zero attached hydrogens (tertiary/aromatic N) is 2. The van der Waals surface area contributed by atoms with Gasteiger partial charge in [-0.05, 0) is 74.0 Å². The summed E-state index contributed by atoms with van der Waals surface area (Å²) >= 11 is 0. The predicted molar refractivity (Wildman–Crippen MR) is 132 cm³/mol. The first-order valence-electron chi connectivity index (χ1n) is 11.5. The quantitative estimate of drug-likeness (QED) is 0.468. The highest BCUT2D eigenvalue weighted by atomic mass is 16.4. The van der Waals surface area contributed by atoms with E-state index < -0.39 is 5.97 Å². The molecule has 0 radical (unpaired) electrons. The highest BCUT2D eigenvalue weighted by molar-refractivity contribution is 6.37. The number of rotatable bonds is 6. The monoisotopic (exact) mass is 454 g/mol. The van der Waals surface area contributed by atoms with Crippen LogP contribution in [0.5, 0.6) is 0 Å². The molecule has 0 saturated carbocycles. The number of hydrogen-bond donors (Lipinski definition) is 3. The number of carboxylic acids is 1. The van der Waals surface area contributed by atoms with Crippen LogP contribution in [0.25, 0.3) is 11.3 Å². The average Bonchev–Trinajstić information content (AvgIpc) is 3.18. The van der Waals surface area contributed by atoms with E-state index in [-0.39, 0.29) is 11.5 Å². The number of anilines is 2. The van der Waals surface area contributed by atoms with E-state index >= 15 is 0 Å². The zero-order valence-corrected chi connectivity index (χ0v) is 18.8. The molecule has 172 valence electrons. The van der Waals surface area contributed by atoms with Crippen molar-refractivity contribution < 1.29 is 14.7 Å². The van der Waals surface area contributed by atoms with Gasteiger partial charge in [0.1, 0.15) is 0 Å². The summed E-state index contributed by atoms with van der Waals surface area (Å²) in [6, 6.07) is 18.3. The smallest absolute Gasteiger partial charge is 0.335 e. The molecule has 0 atom stereocenters. The number of nitrogens with one attached hydrogen (secondary N) is 2. The minimum atomic E-state index is -1.04. The first-order valence-corrected chi connectivity index (χ1v) is 11.5. The minimum Gasteiger partial charge on any atom is -0.478 e. The average molecular weight is 455 g/mol. The fourth-order valence-corrected chi connectivity index (χ4v) is 4.58. The summed E-state index contributed by atoms with van der Waals surface area (Å²) in [5.41, 5.74) is 4.80. The number of carbonyl (C=O) groups is 2. The maximum Gasteiger partial charge on any atom is 0.335 e. The van der Waals surface area contributed by atoms with Gasteiger partial charge >= 0.3 is 5.97 Å². The Kier molecular flexibility index (Phi) is 6.10. The van der Waals surface area contributed by atoms with E-state index in [4.69, 9.17) is 0 Å². The molecular weight excluding hydrogens is 428 g/mol. The molecule has 2 aromatic carbocycles. The first kappa shape index (κ1) is 21.9. The molecule has 3 aromatic rings. The molecule has 0 aliphatic carbocycles. The molecule has 3 N–H and O–H groups in total. The second-order valence-electron chi connectivity index (χ2n) is 8.65. The van der Waals surface area contributed by atoms with Crippen molar-refractivity contribution in [3.8, 4) is 0 Å². The van der Waals surface area contributed by atoms with Crippen molar-refractivity contribution in [2.75, 3.05) is 23.7 Å². The summed E-state index contributed by atoms with van der Waals surface area (Å²) < 4.78 is 0. The lowest BCUT2D eigenvalue weighted by molar-refractivity contribution is -0.110. The fourth-order valence-electron chi connectivity index (χ4n) is 4.58. The Morgan fingerprint density at radius 3 is 2.65 bits per heavy atom. The van der Waals surface area contributed by atoms with Crippen molar-refractivity contribution in [1.82, 2.24) is 9.88 Å². The maximum atomic E-state index is 13.1. The maximum absolute atomic E-state index is 13.1. The lowest BCUT2D eigenvalue weighted by Gasteiger charge is -2.26. The number of piperidine rings is 1. The third kappa shape index (κ3) is 4.56.